The van der Waals surface area contributed by atoms with Gasteiger partial charge in [-0.25, -0.2) is 0 Å². The van der Waals surface area contributed by atoms with Crippen LogP contribution in [0.25, 0.3) is 0 Å². The van der Waals surface area contributed by atoms with Crippen molar-refractivity contribution >= 4 is 0 Å². The second kappa shape index (κ2) is 11.4. The maximum atomic E-state index is 5.69. The highest BCUT2D eigenvalue weighted by Crippen LogP contribution is 2.51. The predicted molar refractivity (Wildman–Crippen MR) is 86.8 cm³/mol. The van der Waals surface area contributed by atoms with Crippen molar-refractivity contribution in [1.29, 1.82) is 0 Å². The summed E-state index contributed by atoms with van der Waals surface area (Å²) in [6.07, 6.45) is 6.17. The normalized spacial score (nSPS) is 17.9. The van der Waals surface area contributed by atoms with Gasteiger partial charge < -0.3 is 19.5 Å². The maximum Gasteiger partial charge on any atom is 0.0701 e. The van der Waals surface area contributed by atoms with Crippen LogP contribution >= 0.6 is 0 Å². The van der Waals surface area contributed by atoms with Crippen molar-refractivity contribution in [3.63, 3.8) is 0 Å². The lowest BCUT2D eigenvalue weighted by molar-refractivity contribution is 0.0105. The third-order valence-electron chi connectivity index (χ3n) is 4.45. The molecule has 0 aromatic carbocycles. The second-order valence-corrected chi connectivity index (χ2v) is 6.08. The molecule has 0 heterocycles. The minimum atomic E-state index is 0.504. The van der Waals surface area contributed by atoms with Crippen molar-refractivity contribution in [3.8, 4) is 0 Å². The summed E-state index contributed by atoms with van der Waals surface area (Å²) in [7, 11) is 0. The number of hydrogen-bond donors (Lipinski definition) is 1. The molecule has 0 aromatic rings. The van der Waals surface area contributed by atoms with Crippen LogP contribution in [0.2, 0.25) is 0 Å². The van der Waals surface area contributed by atoms with Crippen LogP contribution < -0.4 is 5.32 Å². The molecule has 126 valence electrons. The van der Waals surface area contributed by atoms with E-state index in [1.165, 1.54) is 25.7 Å². The number of rotatable bonds is 15. The molecule has 0 aliphatic heterocycles. The molecule has 1 aliphatic rings. The average Bonchev–Trinajstić information content (AvgIpc) is 3.26. The van der Waals surface area contributed by atoms with E-state index in [-0.39, 0.29) is 0 Å². The molecule has 1 rings (SSSR count). The zero-order valence-corrected chi connectivity index (χ0v) is 14.3. The van der Waals surface area contributed by atoms with Gasteiger partial charge in [0, 0.05) is 19.3 Å². The molecule has 1 fully saturated rings. The summed E-state index contributed by atoms with van der Waals surface area (Å²) in [5, 5.41) is 3.54. The van der Waals surface area contributed by atoms with Gasteiger partial charge in [-0.2, -0.15) is 0 Å². The van der Waals surface area contributed by atoms with E-state index in [1.54, 1.807) is 0 Å². The van der Waals surface area contributed by atoms with Gasteiger partial charge in [0.15, 0.2) is 0 Å². The molecule has 1 unspecified atom stereocenters. The minimum absolute atomic E-state index is 0.504. The average molecular weight is 301 g/mol. The monoisotopic (exact) mass is 301 g/mol. The Balaban J connectivity index is 1.85. The smallest absolute Gasteiger partial charge is 0.0701 e. The first-order valence-corrected chi connectivity index (χ1v) is 8.72. The Morgan fingerprint density at radius 1 is 0.905 bits per heavy atom. The Bertz CT molecular complexity index is 244. The molecule has 0 radical (unpaired) electrons. The van der Waals surface area contributed by atoms with Crippen LogP contribution in [0.3, 0.4) is 0 Å². The second-order valence-electron chi connectivity index (χ2n) is 6.08. The van der Waals surface area contributed by atoms with E-state index in [0.29, 0.717) is 37.9 Å². The lowest BCUT2D eigenvalue weighted by atomic mass is 9.94. The van der Waals surface area contributed by atoms with Crippen LogP contribution in [0, 0.1) is 5.41 Å². The highest BCUT2D eigenvalue weighted by molar-refractivity contribution is 4.99. The van der Waals surface area contributed by atoms with Crippen LogP contribution in [0.4, 0.5) is 0 Å². The molecule has 1 aliphatic carbocycles. The zero-order chi connectivity index (χ0) is 15.4. The molecule has 0 amide bonds. The first-order chi connectivity index (χ1) is 10.2. The van der Waals surface area contributed by atoms with Gasteiger partial charge in [-0.15, -0.1) is 0 Å². The quantitative estimate of drug-likeness (QED) is 0.472. The van der Waals surface area contributed by atoms with E-state index in [0.717, 1.165) is 26.2 Å². The molecular weight excluding hydrogens is 266 g/mol. The predicted octanol–water partition coefficient (Wildman–Crippen LogP) is 3.00. The summed E-state index contributed by atoms with van der Waals surface area (Å²) in [4.78, 5) is 0. The molecule has 4 nitrogen and oxygen atoms in total. The van der Waals surface area contributed by atoms with Gasteiger partial charge in [0.25, 0.3) is 0 Å². The van der Waals surface area contributed by atoms with Crippen LogP contribution in [0.1, 0.15) is 52.9 Å². The SMILES string of the molecule is CCCCOCCOCCOCCC1(C(C)NCC)CC1. The van der Waals surface area contributed by atoms with Gasteiger partial charge in [-0.3, -0.25) is 0 Å². The fourth-order valence-electron chi connectivity index (χ4n) is 2.65. The Hall–Kier alpha value is -0.160. The molecule has 4 heteroatoms. The number of nitrogens with one attached hydrogen (secondary N) is 1. The van der Waals surface area contributed by atoms with E-state index in [9.17, 15) is 0 Å². The van der Waals surface area contributed by atoms with Gasteiger partial charge in [-0.1, -0.05) is 20.3 Å². The number of unbranched alkanes of at least 4 members (excludes halogenated alkanes) is 1. The van der Waals surface area contributed by atoms with Gasteiger partial charge in [-0.05, 0) is 44.6 Å². The summed E-state index contributed by atoms with van der Waals surface area (Å²) in [6.45, 7) is 12.1. The largest absolute Gasteiger partial charge is 0.379 e. The molecule has 1 saturated carbocycles. The highest BCUT2D eigenvalue weighted by Gasteiger charge is 2.46. The number of hydrogen-bond acceptors (Lipinski definition) is 4. The molecule has 0 spiro atoms. The van der Waals surface area contributed by atoms with Crippen molar-refractivity contribution in [2.75, 3.05) is 46.2 Å². The summed E-state index contributed by atoms with van der Waals surface area (Å²) in [5.41, 5.74) is 0.504. The zero-order valence-electron chi connectivity index (χ0n) is 14.3. The summed E-state index contributed by atoms with van der Waals surface area (Å²) >= 11 is 0. The molecule has 21 heavy (non-hydrogen) atoms. The van der Waals surface area contributed by atoms with Crippen molar-refractivity contribution in [1.82, 2.24) is 5.32 Å². The maximum absolute atomic E-state index is 5.69. The lowest BCUT2D eigenvalue weighted by Crippen LogP contribution is -2.35. The van der Waals surface area contributed by atoms with Gasteiger partial charge in [0.2, 0.25) is 0 Å². The Morgan fingerprint density at radius 3 is 2.00 bits per heavy atom. The molecule has 1 atom stereocenters. The molecular formula is C17H35NO3. The minimum Gasteiger partial charge on any atom is -0.379 e. The lowest BCUT2D eigenvalue weighted by Gasteiger charge is -2.24. The fourth-order valence-corrected chi connectivity index (χ4v) is 2.65. The van der Waals surface area contributed by atoms with Crippen LogP contribution in [0.5, 0.6) is 0 Å². The Labute approximate surface area is 130 Å². The first kappa shape index (κ1) is 18.9. The van der Waals surface area contributed by atoms with E-state index >= 15 is 0 Å². The fraction of sp³-hybridized carbons (Fsp3) is 1.00. The molecule has 0 bridgehead atoms. The first-order valence-electron chi connectivity index (χ1n) is 8.72. The van der Waals surface area contributed by atoms with Crippen LogP contribution in [-0.2, 0) is 14.2 Å². The van der Waals surface area contributed by atoms with E-state index in [1.807, 2.05) is 0 Å². The van der Waals surface area contributed by atoms with Crippen LogP contribution in [-0.4, -0.2) is 52.2 Å². The van der Waals surface area contributed by atoms with Crippen molar-refractivity contribution in [2.24, 2.45) is 5.41 Å². The standard InChI is InChI=1S/C17H35NO3/c1-4-6-10-19-12-14-21-15-13-20-11-9-17(7-8-17)16(3)18-5-2/h16,18H,4-15H2,1-3H3. The van der Waals surface area contributed by atoms with Crippen molar-refractivity contribution in [2.45, 2.75) is 58.9 Å². The van der Waals surface area contributed by atoms with E-state index < -0.39 is 0 Å². The third-order valence-corrected chi connectivity index (χ3v) is 4.45. The van der Waals surface area contributed by atoms with Gasteiger partial charge in [0.05, 0.1) is 26.4 Å². The van der Waals surface area contributed by atoms with Gasteiger partial charge >= 0.3 is 0 Å². The third kappa shape index (κ3) is 8.15. The Morgan fingerprint density at radius 2 is 1.48 bits per heavy atom. The highest BCUT2D eigenvalue weighted by atomic mass is 16.5. The van der Waals surface area contributed by atoms with E-state index in [4.69, 9.17) is 14.2 Å². The molecule has 1 N–H and O–H groups in total. The Kier molecular flexibility index (Phi) is 10.3. The van der Waals surface area contributed by atoms with E-state index in [2.05, 4.69) is 26.1 Å². The summed E-state index contributed by atoms with van der Waals surface area (Å²) in [6, 6.07) is 0.614. The number of ether oxygens (including phenoxy) is 3. The summed E-state index contributed by atoms with van der Waals surface area (Å²) in [5.74, 6) is 0. The van der Waals surface area contributed by atoms with Gasteiger partial charge in [0.1, 0.15) is 0 Å². The topological polar surface area (TPSA) is 39.7 Å². The summed E-state index contributed by atoms with van der Waals surface area (Å²) < 4.78 is 16.6. The van der Waals surface area contributed by atoms with Crippen LogP contribution in [0.15, 0.2) is 0 Å². The van der Waals surface area contributed by atoms with Crippen molar-refractivity contribution < 1.29 is 14.2 Å². The molecule has 0 saturated heterocycles. The molecule has 0 aromatic heterocycles. The van der Waals surface area contributed by atoms with Crippen molar-refractivity contribution in [3.05, 3.63) is 0 Å².